The van der Waals surface area contributed by atoms with E-state index >= 15 is 0 Å². The average molecular weight is 201 g/mol. The van der Waals surface area contributed by atoms with E-state index in [-0.39, 0.29) is 0 Å². The minimum Gasteiger partial charge on any atom is -0.389 e. The Morgan fingerprint density at radius 1 is 1.50 bits per heavy atom. The fourth-order valence-electron chi connectivity index (χ4n) is 1.95. The van der Waals surface area contributed by atoms with Crippen LogP contribution in [0.15, 0.2) is 0 Å². The standard InChI is InChI=1S/C11H23NO2/c1-4-12(9-11(2,3)13)7-10-5-6-14-8-10/h10,13H,4-9H2,1-3H3. The minimum atomic E-state index is -0.588. The van der Waals surface area contributed by atoms with Gasteiger partial charge < -0.3 is 14.7 Å². The van der Waals surface area contributed by atoms with Gasteiger partial charge in [0.1, 0.15) is 0 Å². The Morgan fingerprint density at radius 2 is 2.21 bits per heavy atom. The van der Waals surface area contributed by atoms with Crippen LogP contribution in [0.1, 0.15) is 27.2 Å². The van der Waals surface area contributed by atoms with E-state index in [9.17, 15) is 5.11 Å². The first-order valence-corrected chi connectivity index (χ1v) is 5.54. The lowest BCUT2D eigenvalue weighted by Crippen LogP contribution is -2.41. The minimum absolute atomic E-state index is 0.588. The molecule has 1 rings (SSSR count). The lowest BCUT2D eigenvalue weighted by Gasteiger charge is -2.29. The summed E-state index contributed by atoms with van der Waals surface area (Å²) < 4.78 is 5.34. The molecule has 3 nitrogen and oxygen atoms in total. The quantitative estimate of drug-likeness (QED) is 0.723. The molecule has 84 valence electrons. The molecule has 0 bridgehead atoms. The average Bonchev–Trinajstić information content (AvgIpc) is 2.53. The predicted molar refractivity (Wildman–Crippen MR) is 57.3 cm³/mol. The van der Waals surface area contributed by atoms with Gasteiger partial charge in [-0.1, -0.05) is 6.92 Å². The van der Waals surface area contributed by atoms with Crippen molar-refractivity contribution in [3.8, 4) is 0 Å². The van der Waals surface area contributed by atoms with Crippen molar-refractivity contribution < 1.29 is 9.84 Å². The van der Waals surface area contributed by atoms with Gasteiger partial charge in [-0.2, -0.15) is 0 Å². The Morgan fingerprint density at radius 3 is 2.64 bits per heavy atom. The summed E-state index contributed by atoms with van der Waals surface area (Å²) in [5, 5.41) is 9.72. The van der Waals surface area contributed by atoms with E-state index in [1.165, 1.54) is 6.42 Å². The molecule has 0 aromatic carbocycles. The zero-order valence-electron chi connectivity index (χ0n) is 9.62. The largest absolute Gasteiger partial charge is 0.389 e. The first-order chi connectivity index (χ1) is 6.51. The number of rotatable bonds is 5. The van der Waals surface area contributed by atoms with Crippen molar-refractivity contribution in [3.05, 3.63) is 0 Å². The molecule has 0 spiro atoms. The first kappa shape index (κ1) is 12.0. The zero-order chi connectivity index (χ0) is 10.6. The summed E-state index contributed by atoms with van der Waals surface area (Å²) >= 11 is 0. The van der Waals surface area contributed by atoms with Crippen molar-refractivity contribution in [2.75, 3.05) is 32.8 Å². The van der Waals surface area contributed by atoms with Gasteiger partial charge in [0.15, 0.2) is 0 Å². The molecule has 0 saturated carbocycles. The molecule has 1 fully saturated rings. The molecule has 14 heavy (non-hydrogen) atoms. The van der Waals surface area contributed by atoms with Gasteiger partial charge in [-0.3, -0.25) is 0 Å². The van der Waals surface area contributed by atoms with Gasteiger partial charge in [-0.25, -0.2) is 0 Å². The lowest BCUT2D eigenvalue weighted by atomic mass is 10.1. The predicted octanol–water partition coefficient (Wildman–Crippen LogP) is 1.12. The van der Waals surface area contributed by atoms with Crippen molar-refractivity contribution in [2.45, 2.75) is 32.8 Å². The smallest absolute Gasteiger partial charge is 0.0718 e. The molecule has 1 saturated heterocycles. The van der Waals surface area contributed by atoms with Gasteiger partial charge in [0, 0.05) is 19.7 Å². The van der Waals surface area contributed by atoms with Crippen LogP contribution in [-0.4, -0.2) is 48.5 Å². The van der Waals surface area contributed by atoms with Crippen LogP contribution in [0.4, 0.5) is 0 Å². The Hall–Kier alpha value is -0.120. The Bertz CT molecular complexity index is 159. The molecule has 1 aliphatic rings. The highest BCUT2D eigenvalue weighted by atomic mass is 16.5. The highest BCUT2D eigenvalue weighted by molar-refractivity contribution is 4.75. The highest BCUT2D eigenvalue weighted by Gasteiger charge is 2.22. The summed E-state index contributed by atoms with van der Waals surface area (Å²) in [6.07, 6.45) is 1.17. The fraction of sp³-hybridized carbons (Fsp3) is 1.00. The SMILES string of the molecule is CCN(CC1CCOC1)CC(C)(C)O. The summed E-state index contributed by atoms with van der Waals surface area (Å²) in [6, 6.07) is 0. The maximum Gasteiger partial charge on any atom is 0.0718 e. The first-order valence-electron chi connectivity index (χ1n) is 5.54. The van der Waals surface area contributed by atoms with Gasteiger partial charge in [-0.15, -0.1) is 0 Å². The molecule has 3 heteroatoms. The third-order valence-electron chi connectivity index (χ3n) is 2.60. The van der Waals surface area contributed by atoms with Crippen LogP contribution in [0.3, 0.4) is 0 Å². The van der Waals surface area contributed by atoms with Crippen LogP contribution in [0.2, 0.25) is 0 Å². The number of likely N-dealkylation sites (N-methyl/N-ethyl adjacent to an activating group) is 1. The topological polar surface area (TPSA) is 32.7 Å². The molecule has 1 N–H and O–H groups in total. The Balaban J connectivity index is 2.30. The van der Waals surface area contributed by atoms with E-state index < -0.39 is 5.60 Å². The molecule has 0 amide bonds. The van der Waals surface area contributed by atoms with E-state index in [1.807, 2.05) is 13.8 Å². The molecule has 1 aliphatic heterocycles. The maximum atomic E-state index is 9.72. The second-order valence-electron chi connectivity index (χ2n) is 4.87. The van der Waals surface area contributed by atoms with Gasteiger partial charge in [0.05, 0.1) is 12.2 Å². The fourth-order valence-corrected chi connectivity index (χ4v) is 1.95. The van der Waals surface area contributed by atoms with E-state index in [1.54, 1.807) is 0 Å². The van der Waals surface area contributed by atoms with Crippen LogP contribution < -0.4 is 0 Å². The number of hydrogen-bond acceptors (Lipinski definition) is 3. The maximum absolute atomic E-state index is 9.72. The van der Waals surface area contributed by atoms with Gasteiger partial charge in [0.25, 0.3) is 0 Å². The number of ether oxygens (including phenoxy) is 1. The molecule has 1 unspecified atom stereocenters. The molecule has 1 heterocycles. The third kappa shape index (κ3) is 4.40. The summed E-state index contributed by atoms with van der Waals surface area (Å²) in [4.78, 5) is 2.30. The second-order valence-corrected chi connectivity index (χ2v) is 4.87. The number of nitrogens with zero attached hydrogens (tertiary/aromatic N) is 1. The van der Waals surface area contributed by atoms with E-state index in [4.69, 9.17) is 4.74 Å². The Kier molecular flexibility index (Phi) is 4.35. The molecule has 0 aliphatic carbocycles. The third-order valence-corrected chi connectivity index (χ3v) is 2.60. The van der Waals surface area contributed by atoms with Crippen molar-refractivity contribution in [1.29, 1.82) is 0 Å². The van der Waals surface area contributed by atoms with Crippen molar-refractivity contribution in [1.82, 2.24) is 4.90 Å². The van der Waals surface area contributed by atoms with Gasteiger partial charge in [0.2, 0.25) is 0 Å². The van der Waals surface area contributed by atoms with E-state index in [2.05, 4.69) is 11.8 Å². The van der Waals surface area contributed by atoms with Crippen LogP contribution in [-0.2, 0) is 4.74 Å². The molecular weight excluding hydrogens is 178 g/mol. The van der Waals surface area contributed by atoms with Crippen molar-refractivity contribution in [3.63, 3.8) is 0 Å². The van der Waals surface area contributed by atoms with Crippen LogP contribution in [0.5, 0.6) is 0 Å². The monoisotopic (exact) mass is 201 g/mol. The lowest BCUT2D eigenvalue weighted by molar-refractivity contribution is 0.0320. The Labute approximate surface area is 87.1 Å². The molecule has 1 atom stereocenters. The summed E-state index contributed by atoms with van der Waals surface area (Å²) in [5.74, 6) is 0.664. The molecular formula is C11H23NO2. The summed E-state index contributed by atoms with van der Waals surface area (Å²) in [7, 11) is 0. The van der Waals surface area contributed by atoms with E-state index in [0.717, 1.165) is 32.8 Å². The van der Waals surface area contributed by atoms with Crippen LogP contribution in [0.25, 0.3) is 0 Å². The highest BCUT2D eigenvalue weighted by Crippen LogP contribution is 2.15. The van der Waals surface area contributed by atoms with Gasteiger partial charge >= 0.3 is 0 Å². The normalized spacial score (nSPS) is 23.4. The number of hydrogen-bond donors (Lipinski definition) is 1. The second kappa shape index (κ2) is 5.10. The van der Waals surface area contributed by atoms with Crippen LogP contribution >= 0.6 is 0 Å². The summed E-state index contributed by atoms with van der Waals surface area (Å²) in [6.45, 7) is 10.5. The van der Waals surface area contributed by atoms with Gasteiger partial charge in [-0.05, 0) is 32.7 Å². The van der Waals surface area contributed by atoms with Crippen molar-refractivity contribution >= 4 is 0 Å². The van der Waals surface area contributed by atoms with Crippen LogP contribution in [0, 0.1) is 5.92 Å². The zero-order valence-corrected chi connectivity index (χ0v) is 9.62. The molecule has 0 aromatic heterocycles. The molecule has 0 radical (unpaired) electrons. The van der Waals surface area contributed by atoms with E-state index in [0.29, 0.717) is 5.92 Å². The number of aliphatic hydroxyl groups is 1. The van der Waals surface area contributed by atoms with Crippen molar-refractivity contribution in [2.24, 2.45) is 5.92 Å². The molecule has 0 aromatic rings. The summed E-state index contributed by atoms with van der Waals surface area (Å²) in [5.41, 5.74) is -0.588.